The Balaban J connectivity index is 2.15. The molecule has 0 aromatic carbocycles. The molecule has 2 heteroatoms. The number of carbonyl (C=O) groups is 1. The summed E-state index contributed by atoms with van der Waals surface area (Å²) in [6.45, 7) is 11.8. The minimum absolute atomic E-state index is 0.287. The Morgan fingerprint density at radius 1 is 1.41 bits per heavy atom. The highest BCUT2D eigenvalue weighted by Crippen LogP contribution is 2.61. The van der Waals surface area contributed by atoms with Crippen molar-refractivity contribution in [3.05, 3.63) is 11.6 Å². The lowest BCUT2D eigenvalue weighted by molar-refractivity contribution is -0.138. The van der Waals surface area contributed by atoms with Crippen LogP contribution in [0.5, 0.6) is 0 Å². The van der Waals surface area contributed by atoms with Crippen molar-refractivity contribution in [2.24, 2.45) is 28.6 Å². The zero-order chi connectivity index (χ0) is 16.5. The van der Waals surface area contributed by atoms with Gasteiger partial charge in [-0.2, -0.15) is 0 Å². The Hall–Kier alpha value is -0.790. The van der Waals surface area contributed by atoms with Gasteiger partial charge in [-0.25, -0.2) is 0 Å². The summed E-state index contributed by atoms with van der Waals surface area (Å²) >= 11 is 0. The standard InChI is InChI=1S/C20H34O2/c1-14(13-18(21)22)9-11-19(4)16(3)10-12-20(5)15(2)7-6-8-17(19)20/h7,14,16-17H,6,8-13H2,1-5H3,(H,21,22). The van der Waals surface area contributed by atoms with E-state index in [1.165, 1.54) is 32.1 Å². The van der Waals surface area contributed by atoms with E-state index in [9.17, 15) is 4.79 Å². The normalized spacial score (nSPS) is 39.8. The third kappa shape index (κ3) is 3.12. The fraction of sp³-hybridized carbons (Fsp3) is 0.850. The van der Waals surface area contributed by atoms with Crippen LogP contribution in [0.2, 0.25) is 0 Å². The fourth-order valence-corrected chi connectivity index (χ4v) is 5.29. The van der Waals surface area contributed by atoms with E-state index in [0.29, 0.717) is 17.3 Å². The van der Waals surface area contributed by atoms with Gasteiger partial charge in [0.2, 0.25) is 0 Å². The van der Waals surface area contributed by atoms with Gasteiger partial charge in [0.15, 0.2) is 0 Å². The van der Waals surface area contributed by atoms with Gasteiger partial charge in [-0.3, -0.25) is 4.79 Å². The van der Waals surface area contributed by atoms with Crippen LogP contribution in [0, 0.1) is 28.6 Å². The molecule has 0 amide bonds. The molecule has 0 saturated heterocycles. The van der Waals surface area contributed by atoms with Crippen LogP contribution in [0.3, 0.4) is 0 Å². The van der Waals surface area contributed by atoms with Gasteiger partial charge in [0.05, 0.1) is 0 Å². The molecule has 2 nitrogen and oxygen atoms in total. The third-order valence-corrected chi connectivity index (χ3v) is 7.29. The molecule has 0 radical (unpaired) electrons. The van der Waals surface area contributed by atoms with Crippen molar-refractivity contribution in [1.29, 1.82) is 0 Å². The molecule has 126 valence electrons. The number of hydrogen-bond donors (Lipinski definition) is 1. The summed E-state index contributed by atoms with van der Waals surface area (Å²) in [5.74, 6) is 1.13. The maximum Gasteiger partial charge on any atom is 0.303 e. The van der Waals surface area contributed by atoms with Crippen LogP contribution in [0.25, 0.3) is 0 Å². The van der Waals surface area contributed by atoms with Crippen molar-refractivity contribution in [2.45, 2.75) is 79.6 Å². The average Bonchev–Trinajstić information content (AvgIpc) is 2.43. The van der Waals surface area contributed by atoms with Gasteiger partial charge in [0.25, 0.3) is 0 Å². The lowest BCUT2D eigenvalue weighted by Gasteiger charge is -2.58. The van der Waals surface area contributed by atoms with Gasteiger partial charge in [0.1, 0.15) is 0 Å². The van der Waals surface area contributed by atoms with Crippen molar-refractivity contribution in [3.63, 3.8) is 0 Å². The van der Waals surface area contributed by atoms with Gasteiger partial charge in [0, 0.05) is 6.42 Å². The fourth-order valence-electron chi connectivity index (χ4n) is 5.29. The summed E-state index contributed by atoms with van der Waals surface area (Å²) in [5, 5.41) is 8.99. The van der Waals surface area contributed by atoms with Crippen LogP contribution in [0.15, 0.2) is 11.6 Å². The molecule has 0 bridgehead atoms. The molecule has 5 atom stereocenters. The van der Waals surface area contributed by atoms with E-state index in [2.05, 4.69) is 40.7 Å². The summed E-state index contributed by atoms with van der Waals surface area (Å²) in [5.41, 5.74) is 2.32. The molecule has 0 spiro atoms. The minimum Gasteiger partial charge on any atom is -0.481 e. The Bertz CT molecular complexity index is 453. The number of allylic oxidation sites excluding steroid dienone is 2. The zero-order valence-corrected chi connectivity index (χ0v) is 15.1. The molecule has 0 heterocycles. The second-order valence-electron chi connectivity index (χ2n) is 8.62. The predicted molar refractivity (Wildman–Crippen MR) is 91.7 cm³/mol. The number of rotatable bonds is 5. The summed E-state index contributed by atoms with van der Waals surface area (Å²) in [6, 6.07) is 0. The van der Waals surface area contributed by atoms with Crippen molar-refractivity contribution >= 4 is 5.97 Å². The number of hydrogen-bond acceptors (Lipinski definition) is 1. The van der Waals surface area contributed by atoms with Crippen molar-refractivity contribution in [2.75, 3.05) is 0 Å². The Morgan fingerprint density at radius 3 is 2.73 bits per heavy atom. The first kappa shape index (κ1) is 17.6. The van der Waals surface area contributed by atoms with Gasteiger partial charge in [-0.1, -0.05) is 39.3 Å². The van der Waals surface area contributed by atoms with E-state index in [1.807, 2.05) is 0 Å². The molecule has 1 saturated carbocycles. The van der Waals surface area contributed by atoms with Gasteiger partial charge in [-0.05, 0) is 74.0 Å². The van der Waals surface area contributed by atoms with E-state index in [4.69, 9.17) is 5.11 Å². The van der Waals surface area contributed by atoms with Crippen LogP contribution in [-0.2, 0) is 4.79 Å². The molecule has 1 N–H and O–H groups in total. The van der Waals surface area contributed by atoms with Crippen LogP contribution in [-0.4, -0.2) is 11.1 Å². The second kappa shape index (κ2) is 6.37. The molecule has 5 unspecified atom stereocenters. The quantitative estimate of drug-likeness (QED) is 0.664. The number of aliphatic carboxylic acids is 1. The third-order valence-electron chi connectivity index (χ3n) is 7.29. The van der Waals surface area contributed by atoms with Gasteiger partial charge < -0.3 is 5.11 Å². The summed E-state index contributed by atoms with van der Waals surface area (Å²) in [4.78, 5) is 10.9. The van der Waals surface area contributed by atoms with Crippen LogP contribution in [0.1, 0.15) is 79.6 Å². The van der Waals surface area contributed by atoms with E-state index >= 15 is 0 Å². The summed E-state index contributed by atoms with van der Waals surface area (Å²) in [7, 11) is 0. The molecule has 0 aromatic rings. The molecule has 2 rings (SSSR count). The highest BCUT2D eigenvalue weighted by atomic mass is 16.4. The zero-order valence-electron chi connectivity index (χ0n) is 15.1. The first-order valence-corrected chi connectivity index (χ1v) is 9.09. The monoisotopic (exact) mass is 306 g/mol. The number of carboxylic acids is 1. The first-order chi connectivity index (χ1) is 10.2. The van der Waals surface area contributed by atoms with Crippen LogP contribution >= 0.6 is 0 Å². The summed E-state index contributed by atoms with van der Waals surface area (Å²) < 4.78 is 0. The maximum absolute atomic E-state index is 10.9. The van der Waals surface area contributed by atoms with E-state index in [1.54, 1.807) is 5.57 Å². The smallest absolute Gasteiger partial charge is 0.303 e. The Morgan fingerprint density at radius 2 is 2.09 bits per heavy atom. The SMILES string of the molecule is CC1=CCCC2C1(C)CCC(C)C2(C)CCC(C)CC(=O)O. The highest BCUT2D eigenvalue weighted by molar-refractivity contribution is 5.66. The molecule has 0 aliphatic heterocycles. The van der Waals surface area contributed by atoms with Crippen molar-refractivity contribution in [3.8, 4) is 0 Å². The molecule has 1 fully saturated rings. The topological polar surface area (TPSA) is 37.3 Å². The van der Waals surface area contributed by atoms with E-state index in [-0.39, 0.29) is 5.92 Å². The average molecular weight is 306 g/mol. The molecular formula is C20H34O2. The predicted octanol–water partition coefficient (Wildman–Crippen LogP) is 5.68. The molecule has 2 aliphatic carbocycles. The molecule has 0 aromatic heterocycles. The van der Waals surface area contributed by atoms with E-state index < -0.39 is 5.97 Å². The lowest BCUT2D eigenvalue weighted by Crippen LogP contribution is -2.49. The minimum atomic E-state index is -0.657. The molecule has 2 aliphatic rings. The lowest BCUT2D eigenvalue weighted by atomic mass is 9.47. The maximum atomic E-state index is 10.9. The Labute approximate surface area is 136 Å². The summed E-state index contributed by atoms with van der Waals surface area (Å²) in [6.07, 6.45) is 10.1. The van der Waals surface area contributed by atoms with Crippen LogP contribution < -0.4 is 0 Å². The highest BCUT2D eigenvalue weighted by Gasteiger charge is 2.52. The van der Waals surface area contributed by atoms with Crippen molar-refractivity contribution < 1.29 is 9.90 Å². The number of carboxylic acid groups (broad SMARTS) is 1. The Kier molecular flexibility index (Phi) is 5.09. The van der Waals surface area contributed by atoms with Crippen molar-refractivity contribution in [1.82, 2.24) is 0 Å². The van der Waals surface area contributed by atoms with Gasteiger partial charge >= 0.3 is 5.97 Å². The molecule has 22 heavy (non-hydrogen) atoms. The molecular weight excluding hydrogens is 272 g/mol. The first-order valence-electron chi connectivity index (χ1n) is 9.09. The van der Waals surface area contributed by atoms with Gasteiger partial charge in [-0.15, -0.1) is 0 Å². The van der Waals surface area contributed by atoms with E-state index in [0.717, 1.165) is 18.3 Å². The number of fused-ring (bicyclic) bond motifs is 1. The van der Waals surface area contributed by atoms with Crippen LogP contribution in [0.4, 0.5) is 0 Å². The second-order valence-corrected chi connectivity index (χ2v) is 8.62. The largest absolute Gasteiger partial charge is 0.481 e.